The molecule has 1 unspecified atom stereocenters. The van der Waals surface area contributed by atoms with Crippen molar-refractivity contribution < 1.29 is 17.4 Å². The third-order valence-corrected chi connectivity index (χ3v) is 4.46. The van der Waals surface area contributed by atoms with Gasteiger partial charge in [-0.05, 0) is 48.5 Å². The summed E-state index contributed by atoms with van der Waals surface area (Å²) in [5.41, 5.74) is 0.665. The second-order valence-corrected chi connectivity index (χ2v) is 6.57. The number of hydrogen-bond acceptors (Lipinski definition) is 3. The lowest BCUT2D eigenvalue weighted by molar-refractivity contribution is 0.515. The van der Waals surface area contributed by atoms with Gasteiger partial charge in [0.25, 0.3) is 0 Å². The molecule has 0 aliphatic heterocycles. The Morgan fingerprint density at radius 2 is 1.67 bits per heavy atom. The van der Waals surface area contributed by atoms with Gasteiger partial charge in [0.1, 0.15) is 23.2 Å². The minimum atomic E-state index is -1.02. The molecule has 124 valence electrons. The first-order valence-electron chi connectivity index (χ1n) is 7.25. The van der Waals surface area contributed by atoms with Crippen LogP contribution in [0.4, 0.5) is 14.5 Å². The van der Waals surface area contributed by atoms with Crippen molar-refractivity contribution in [3.05, 3.63) is 72.0 Å². The van der Waals surface area contributed by atoms with Crippen LogP contribution in [-0.4, -0.2) is 10.5 Å². The first-order chi connectivity index (χ1) is 11.5. The van der Waals surface area contributed by atoms with Gasteiger partial charge in [-0.2, -0.15) is 0 Å². The Kier molecular flexibility index (Phi) is 4.76. The van der Waals surface area contributed by atoms with Gasteiger partial charge in [0.05, 0.1) is 12.1 Å². The van der Waals surface area contributed by atoms with Crippen molar-refractivity contribution in [2.24, 2.45) is 0 Å². The van der Waals surface area contributed by atoms with E-state index in [1.165, 1.54) is 18.2 Å². The Morgan fingerprint density at radius 3 is 2.29 bits per heavy atom. The van der Waals surface area contributed by atoms with E-state index in [9.17, 15) is 13.0 Å². The van der Waals surface area contributed by atoms with Crippen LogP contribution in [-0.2, 0) is 17.3 Å². The molecule has 0 saturated carbocycles. The average molecular weight is 347 g/mol. The molecule has 0 spiro atoms. The molecule has 1 aromatic heterocycles. The molecule has 0 radical (unpaired) electrons. The van der Waals surface area contributed by atoms with Crippen molar-refractivity contribution in [2.75, 3.05) is 11.6 Å². The maximum absolute atomic E-state index is 13.8. The van der Waals surface area contributed by atoms with Gasteiger partial charge in [0.2, 0.25) is 0 Å². The summed E-state index contributed by atoms with van der Waals surface area (Å²) < 4.78 is 44.4. The van der Waals surface area contributed by atoms with Crippen molar-refractivity contribution >= 4 is 16.5 Å². The van der Waals surface area contributed by atoms with E-state index in [-0.39, 0.29) is 11.3 Å². The number of benzene rings is 2. The van der Waals surface area contributed by atoms with E-state index in [0.29, 0.717) is 12.3 Å². The standard InChI is InChI=1S/C18H15F2NO2S/c1-24(22)14-8-5-12(6-9-14)21-11-13-7-10-17(23-13)18-15(19)3-2-4-16(18)20/h2-10,21H,11H2,1H3. The average Bonchev–Trinajstić information content (AvgIpc) is 3.02. The molecular weight excluding hydrogens is 332 g/mol. The summed E-state index contributed by atoms with van der Waals surface area (Å²) in [7, 11) is -1.02. The summed E-state index contributed by atoms with van der Waals surface area (Å²) in [4.78, 5) is 0.746. The fourth-order valence-electron chi connectivity index (χ4n) is 2.29. The topological polar surface area (TPSA) is 42.2 Å². The van der Waals surface area contributed by atoms with E-state index >= 15 is 0 Å². The quantitative estimate of drug-likeness (QED) is 0.735. The first-order valence-corrected chi connectivity index (χ1v) is 8.81. The third-order valence-electron chi connectivity index (χ3n) is 3.52. The molecule has 0 aliphatic rings. The van der Waals surface area contributed by atoms with Gasteiger partial charge < -0.3 is 9.73 Å². The van der Waals surface area contributed by atoms with E-state index in [0.717, 1.165) is 10.6 Å². The highest BCUT2D eigenvalue weighted by Gasteiger charge is 2.14. The molecule has 3 aromatic rings. The number of nitrogens with one attached hydrogen (secondary N) is 1. The fourth-order valence-corrected chi connectivity index (χ4v) is 2.81. The predicted molar refractivity (Wildman–Crippen MR) is 90.2 cm³/mol. The largest absolute Gasteiger partial charge is 0.459 e. The molecule has 1 atom stereocenters. The second kappa shape index (κ2) is 6.97. The number of rotatable bonds is 5. The van der Waals surface area contributed by atoms with Gasteiger partial charge in [-0.3, -0.25) is 4.21 Å². The van der Waals surface area contributed by atoms with Crippen LogP contribution < -0.4 is 5.32 Å². The zero-order valence-electron chi connectivity index (χ0n) is 12.9. The summed E-state index contributed by atoms with van der Waals surface area (Å²) in [6.07, 6.45) is 1.62. The number of halogens is 2. The molecule has 0 bridgehead atoms. The number of furan rings is 1. The van der Waals surface area contributed by atoms with Crippen molar-refractivity contribution in [3.8, 4) is 11.3 Å². The molecule has 24 heavy (non-hydrogen) atoms. The van der Waals surface area contributed by atoms with Crippen LogP contribution in [0, 0.1) is 11.6 Å². The smallest absolute Gasteiger partial charge is 0.140 e. The van der Waals surface area contributed by atoms with E-state index in [1.54, 1.807) is 30.5 Å². The van der Waals surface area contributed by atoms with Gasteiger partial charge in [-0.1, -0.05) is 6.07 Å². The maximum atomic E-state index is 13.8. The third kappa shape index (κ3) is 3.54. The first kappa shape index (κ1) is 16.4. The number of hydrogen-bond donors (Lipinski definition) is 1. The Bertz CT molecular complexity index is 855. The minimum Gasteiger partial charge on any atom is -0.459 e. The minimum absolute atomic E-state index is 0.152. The Balaban J connectivity index is 1.71. The zero-order valence-corrected chi connectivity index (χ0v) is 13.7. The van der Waals surface area contributed by atoms with Crippen LogP contribution >= 0.6 is 0 Å². The van der Waals surface area contributed by atoms with Crippen molar-refractivity contribution in [1.29, 1.82) is 0 Å². The van der Waals surface area contributed by atoms with Crippen LogP contribution in [0.2, 0.25) is 0 Å². The van der Waals surface area contributed by atoms with Crippen LogP contribution in [0.3, 0.4) is 0 Å². The predicted octanol–water partition coefficient (Wildman–Crippen LogP) is 4.57. The summed E-state index contributed by atoms with van der Waals surface area (Å²) in [5.74, 6) is -0.617. The van der Waals surface area contributed by atoms with Crippen molar-refractivity contribution in [1.82, 2.24) is 0 Å². The van der Waals surface area contributed by atoms with Gasteiger partial charge in [0.15, 0.2) is 0 Å². The second-order valence-electron chi connectivity index (χ2n) is 5.19. The lowest BCUT2D eigenvalue weighted by Gasteiger charge is -2.05. The molecule has 0 amide bonds. The molecule has 0 aliphatic carbocycles. The molecule has 0 saturated heterocycles. The van der Waals surface area contributed by atoms with Crippen LogP contribution in [0.25, 0.3) is 11.3 Å². The molecule has 1 N–H and O–H groups in total. The van der Waals surface area contributed by atoms with Crippen molar-refractivity contribution in [3.63, 3.8) is 0 Å². The fraction of sp³-hybridized carbons (Fsp3) is 0.111. The van der Waals surface area contributed by atoms with E-state index in [2.05, 4.69) is 5.32 Å². The van der Waals surface area contributed by atoms with E-state index in [1.807, 2.05) is 12.1 Å². The van der Waals surface area contributed by atoms with E-state index in [4.69, 9.17) is 4.42 Å². The summed E-state index contributed by atoms with van der Waals surface area (Å²) in [5, 5.41) is 3.14. The molecule has 6 heteroatoms. The molecule has 1 heterocycles. The Morgan fingerprint density at radius 1 is 1.00 bits per heavy atom. The van der Waals surface area contributed by atoms with Gasteiger partial charge >= 0.3 is 0 Å². The Labute approximate surface area is 140 Å². The summed E-state index contributed by atoms with van der Waals surface area (Å²) in [6, 6.07) is 14.1. The van der Waals surface area contributed by atoms with Gasteiger partial charge in [-0.15, -0.1) is 0 Å². The van der Waals surface area contributed by atoms with Crippen LogP contribution in [0.1, 0.15) is 5.76 Å². The number of anilines is 1. The maximum Gasteiger partial charge on any atom is 0.140 e. The summed E-state index contributed by atoms with van der Waals surface area (Å²) in [6.45, 7) is 0.366. The van der Waals surface area contributed by atoms with E-state index < -0.39 is 22.4 Å². The van der Waals surface area contributed by atoms with Crippen molar-refractivity contribution in [2.45, 2.75) is 11.4 Å². The summed E-state index contributed by atoms with van der Waals surface area (Å²) >= 11 is 0. The Hall–Kier alpha value is -2.47. The zero-order chi connectivity index (χ0) is 17.1. The normalized spacial score (nSPS) is 12.1. The van der Waals surface area contributed by atoms with Gasteiger partial charge in [0, 0.05) is 27.6 Å². The molecule has 3 rings (SSSR count). The molecule has 2 aromatic carbocycles. The molecule has 0 fully saturated rings. The molecular formula is C18H15F2NO2S. The van der Waals surface area contributed by atoms with Crippen LogP contribution in [0.15, 0.2) is 63.9 Å². The lowest BCUT2D eigenvalue weighted by Crippen LogP contribution is -1.98. The van der Waals surface area contributed by atoms with Gasteiger partial charge in [-0.25, -0.2) is 8.78 Å². The SMILES string of the molecule is CS(=O)c1ccc(NCc2ccc(-c3c(F)cccc3F)o2)cc1. The highest BCUT2D eigenvalue weighted by molar-refractivity contribution is 7.84. The molecule has 3 nitrogen and oxygen atoms in total. The lowest BCUT2D eigenvalue weighted by atomic mass is 10.1. The highest BCUT2D eigenvalue weighted by atomic mass is 32.2. The monoisotopic (exact) mass is 347 g/mol. The van der Waals surface area contributed by atoms with Crippen LogP contribution in [0.5, 0.6) is 0 Å². The highest BCUT2D eigenvalue weighted by Crippen LogP contribution is 2.28.